The lowest BCUT2D eigenvalue weighted by atomic mass is 10.1. The molecule has 0 spiro atoms. The van der Waals surface area contributed by atoms with Gasteiger partial charge in [-0.25, -0.2) is 8.42 Å². The molecular weight excluding hydrogens is 424 g/mol. The number of aryl methyl sites for hydroxylation is 2. The average Bonchev–Trinajstić information content (AvgIpc) is 2.80. The van der Waals surface area contributed by atoms with Crippen molar-refractivity contribution in [3.05, 3.63) is 83.9 Å². The Hall–Kier alpha value is -3.32. The Kier molecular flexibility index (Phi) is 7.53. The first-order valence-electron chi connectivity index (χ1n) is 10.6. The first kappa shape index (κ1) is 23.3. The van der Waals surface area contributed by atoms with Crippen LogP contribution < -0.4 is 14.4 Å². The van der Waals surface area contributed by atoms with Gasteiger partial charge in [-0.3, -0.25) is 9.10 Å². The summed E-state index contributed by atoms with van der Waals surface area (Å²) in [6.45, 7) is 5.93. The van der Waals surface area contributed by atoms with Gasteiger partial charge >= 0.3 is 0 Å². The van der Waals surface area contributed by atoms with Crippen LogP contribution in [0.4, 0.5) is 11.4 Å². The van der Waals surface area contributed by atoms with E-state index in [4.69, 9.17) is 4.74 Å². The smallest absolute Gasteiger partial charge is 0.264 e. The van der Waals surface area contributed by atoms with Crippen molar-refractivity contribution < 1.29 is 17.9 Å². The molecule has 0 aromatic heterocycles. The molecule has 3 rings (SSSR count). The maximum atomic E-state index is 13.0. The highest BCUT2D eigenvalue weighted by atomic mass is 32.2. The summed E-state index contributed by atoms with van der Waals surface area (Å²) in [6, 6.07) is 20.9. The fraction of sp³-hybridized carbons (Fsp3) is 0.240. The molecule has 3 aromatic rings. The van der Waals surface area contributed by atoms with Crippen molar-refractivity contribution in [3.8, 4) is 5.75 Å². The largest absolute Gasteiger partial charge is 0.484 e. The number of carbonyl (C=O) groups is 1. The minimum atomic E-state index is -3.66. The number of para-hydroxylation sites is 1. The third kappa shape index (κ3) is 5.29. The van der Waals surface area contributed by atoms with E-state index in [-0.39, 0.29) is 24.0 Å². The summed E-state index contributed by atoms with van der Waals surface area (Å²) in [6.07, 6.45) is 0.819. The Labute approximate surface area is 189 Å². The van der Waals surface area contributed by atoms with Crippen LogP contribution in [0.2, 0.25) is 0 Å². The molecule has 0 aliphatic heterocycles. The van der Waals surface area contributed by atoms with Gasteiger partial charge in [0.05, 0.1) is 10.6 Å². The lowest BCUT2D eigenvalue weighted by molar-refractivity contribution is -0.118. The molecule has 0 bridgehead atoms. The Morgan fingerprint density at radius 1 is 0.938 bits per heavy atom. The molecular formula is C25H28N2O4S. The number of ether oxygens (including phenoxy) is 1. The molecule has 3 aromatic carbocycles. The summed E-state index contributed by atoms with van der Waals surface area (Å²) in [4.78, 5) is 12.6. The first-order valence-corrected chi connectivity index (χ1v) is 12.0. The predicted octanol–water partition coefficient (Wildman–Crippen LogP) is 4.79. The normalized spacial score (nSPS) is 11.1. The Morgan fingerprint density at radius 2 is 1.62 bits per heavy atom. The number of nitrogens with zero attached hydrogens (tertiary/aromatic N) is 1. The highest BCUT2D eigenvalue weighted by Gasteiger charge is 2.23. The molecule has 0 fully saturated rings. The Morgan fingerprint density at radius 3 is 2.25 bits per heavy atom. The quantitative estimate of drug-likeness (QED) is 0.506. The van der Waals surface area contributed by atoms with Crippen LogP contribution in [-0.4, -0.2) is 27.5 Å². The molecule has 0 radical (unpaired) electrons. The van der Waals surface area contributed by atoms with Gasteiger partial charge < -0.3 is 10.1 Å². The third-order valence-electron chi connectivity index (χ3n) is 5.12. The van der Waals surface area contributed by atoms with E-state index in [1.54, 1.807) is 61.5 Å². The number of hydrogen-bond donors (Lipinski definition) is 1. The number of carbonyl (C=O) groups excluding carboxylic acids is 1. The number of hydrogen-bond acceptors (Lipinski definition) is 4. The molecule has 0 aliphatic rings. The summed E-state index contributed by atoms with van der Waals surface area (Å²) in [5.41, 5.74) is 3.42. The van der Waals surface area contributed by atoms with Crippen molar-refractivity contribution in [2.24, 2.45) is 0 Å². The maximum absolute atomic E-state index is 13.0. The second kappa shape index (κ2) is 10.3. The van der Waals surface area contributed by atoms with E-state index in [1.165, 1.54) is 4.31 Å². The summed E-state index contributed by atoms with van der Waals surface area (Å²) in [5.74, 6) is 0.234. The van der Waals surface area contributed by atoms with E-state index in [1.807, 2.05) is 32.0 Å². The fourth-order valence-corrected chi connectivity index (χ4v) is 4.94. The van der Waals surface area contributed by atoms with Crippen LogP contribution in [0.1, 0.15) is 25.0 Å². The van der Waals surface area contributed by atoms with Gasteiger partial charge in [-0.05, 0) is 67.8 Å². The van der Waals surface area contributed by atoms with Gasteiger partial charge in [0.25, 0.3) is 15.9 Å². The third-order valence-corrected chi connectivity index (χ3v) is 7.03. The Balaban J connectivity index is 1.66. The van der Waals surface area contributed by atoms with Crippen LogP contribution in [0.15, 0.2) is 77.7 Å². The van der Waals surface area contributed by atoms with E-state index in [0.717, 1.165) is 23.2 Å². The zero-order valence-corrected chi connectivity index (χ0v) is 19.4. The zero-order chi connectivity index (χ0) is 23.1. The number of anilines is 2. The van der Waals surface area contributed by atoms with Crippen LogP contribution >= 0.6 is 0 Å². The molecule has 32 heavy (non-hydrogen) atoms. The minimum Gasteiger partial charge on any atom is -0.484 e. The highest BCUT2D eigenvalue weighted by molar-refractivity contribution is 7.92. The van der Waals surface area contributed by atoms with Crippen molar-refractivity contribution in [2.75, 3.05) is 22.8 Å². The van der Waals surface area contributed by atoms with E-state index in [0.29, 0.717) is 11.4 Å². The van der Waals surface area contributed by atoms with E-state index >= 15 is 0 Å². The molecule has 0 unspecified atom stereocenters. The van der Waals surface area contributed by atoms with Gasteiger partial charge in [0.15, 0.2) is 6.61 Å². The molecule has 168 valence electrons. The molecule has 0 aliphatic carbocycles. The van der Waals surface area contributed by atoms with Crippen LogP contribution in [0.25, 0.3) is 0 Å². The van der Waals surface area contributed by atoms with E-state index < -0.39 is 10.0 Å². The maximum Gasteiger partial charge on any atom is 0.264 e. The topological polar surface area (TPSA) is 75.7 Å². The predicted molar refractivity (Wildman–Crippen MR) is 128 cm³/mol. The second-order valence-corrected chi connectivity index (χ2v) is 9.14. The molecule has 6 nitrogen and oxygen atoms in total. The van der Waals surface area contributed by atoms with Crippen LogP contribution in [0, 0.1) is 6.92 Å². The molecule has 0 saturated carbocycles. The summed E-state index contributed by atoms with van der Waals surface area (Å²) >= 11 is 0. The number of sulfonamides is 1. The van der Waals surface area contributed by atoms with Gasteiger partial charge in [0.2, 0.25) is 0 Å². The van der Waals surface area contributed by atoms with Gasteiger partial charge in [-0.1, -0.05) is 43.3 Å². The van der Waals surface area contributed by atoms with E-state index in [9.17, 15) is 13.2 Å². The van der Waals surface area contributed by atoms with Crippen molar-refractivity contribution in [2.45, 2.75) is 32.1 Å². The fourth-order valence-electron chi connectivity index (χ4n) is 3.45. The van der Waals surface area contributed by atoms with Gasteiger partial charge in [-0.15, -0.1) is 0 Å². The van der Waals surface area contributed by atoms with Crippen LogP contribution in [0.5, 0.6) is 5.75 Å². The van der Waals surface area contributed by atoms with Crippen molar-refractivity contribution >= 4 is 27.3 Å². The lowest BCUT2D eigenvalue weighted by Crippen LogP contribution is -2.30. The van der Waals surface area contributed by atoms with Crippen molar-refractivity contribution in [1.82, 2.24) is 0 Å². The second-order valence-electron chi connectivity index (χ2n) is 7.28. The van der Waals surface area contributed by atoms with Gasteiger partial charge in [-0.2, -0.15) is 0 Å². The molecule has 0 heterocycles. The summed E-state index contributed by atoms with van der Waals surface area (Å²) in [7, 11) is -3.66. The Bertz CT molecular complexity index is 1160. The number of nitrogens with one attached hydrogen (secondary N) is 1. The monoisotopic (exact) mass is 452 g/mol. The first-order chi connectivity index (χ1) is 15.4. The van der Waals surface area contributed by atoms with Gasteiger partial charge in [0.1, 0.15) is 5.75 Å². The number of amides is 1. The van der Waals surface area contributed by atoms with Gasteiger partial charge in [0, 0.05) is 12.2 Å². The summed E-state index contributed by atoms with van der Waals surface area (Å²) < 4.78 is 32.9. The summed E-state index contributed by atoms with van der Waals surface area (Å²) in [5, 5.41) is 2.93. The standard InChI is InChI=1S/C25H28N2O4S/c1-4-20-11-9-10-19(3)25(20)26-24(28)18-31-22-16-14-21(15-17-22)27(5-2)32(29,30)23-12-7-6-8-13-23/h6-17H,4-5,18H2,1-3H3,(H,26,28). The van der Waals surface area contributed by atoms with E-state index in [2.05, 4.69) is 5.32 Å². The lowest BCUT2D eigenvalue weighted by Gasteiger charge is -2.23. The number of rotatable bonds is 9. The van der Waals surface area contributed by atoms with Crippen molar-refractivity contribution in [1.29, 1.82) is 0 Å². The SMILES string of the molecule is CCc1cccc(C)c1NC(=O)COc1ccc(N(CC)S(=O)(=O)c2ccccc2)cc1. The molecule has 0 atom stereocenters. The van der Waals surface area contributed by atoms with Crippen molar-refractivity contribution in [3.63, 3.8) is 0 Å². The average molecular weight is 453 g/mol. The minimum absolute atomic E-state index is 0.142. The molecule has 1 amide bonds. The highest BCUT2D eigenvalue weighted by Crippen LogP contribution is 2.26. The zero-order valence-electron chi connectivity index (χ0n) is 18.5. The molecule has 7 heteroatoms. The van der Waals surface area contributed by atoms with Crippen LogP contribution in [-0.2, 0) is 21.2 Å². The molecule has 1 N–H and O–H groups in total. The number of benzene rings is 3. The molecule has 0 saturated heterocycles. The van der Waals surface area contributed by atoms with Crippen LogP contribution in [0.3, 0.4) is 0 Å².